The van der Waals surface area contributed by atoms with E-state index in [1.807, 2.05) is 0 Å². The van der Waals surface area contributed by atoms with Gasteiger partial charge in [0.15, 0.2) is 0 Å². The number of nitro groups is 1. The number of non-ortho nitro benzene ring substituents is 1. The van der Waals surface area contributed by atoms with E-state index >= 15 is 0 Å². The fourth-order valence-corrected chi connectivity index (χ4v) is 1.97. The average molecular weight is 369 g/mol. The van der Waals surface area contributed by atoms with Crippen LogP contribution in [-0.2, 0) is 9.53 Å². The van der Waals surface area contributed by atoms with Crippen molar-refractivity contribution in [3.05, 3.63) is 70.8 Å². The zero-order valence-corrected chi connectivity index (χ0v) is 14.8. The van der Waals surface area contributed by atoms with Gasteiger partial charge in [-0.25, -0.2) is 4.79 Å². The minimum absolute atomic E-state index is 0.00652. The van der Waals surface area contributed by atoms with Crippen molar-refractivity contribution in [1.82, 2.24) is 0 Å². The van der Waals surface area contributed by atoms with Crippen LogP contribution in [0, 0.1) is 10.1 Å². The fraction of sp³-hybridized carbons (Fsp3) is 0.211. The Kier molecular flexibility index (Phi) is 7.65. The van der Waals surface area contributed by atoms with E-state index in [4.69, 9.17) is 9.47 Å². The predicted octanol–water partition coefficient (Wildman–Crippen LogP) is 4.90. The molecule has 0 N–H and O–H groups in total. The second kappa shape index (κ2) is 10.4. The molecule has 0 aliphatic rings. The van der Waals surface area contributed by atoms with Crippen molar-refractivity contribution in [2.75, 3.05) is 13.2 Å². The third-order valence-electron chi connectivity index (χ3n) is 3.28. The number of esters is 1. The van der Waals surface area contributed by atoms with Gasteiger partial charge in [-0.05, 0) is 43.3 Å². The number of allylic oxidation sites excluding steroid dienone is 1. The summed E-state index contributed by atoms with van der Waals surface area (Å²) in [6.45, 7) is 2.47. The molecule has 0 spiro atoms. The number of hydrogen-bond acceptors (Lipinski definition) is 7. The lowest BCUT2D eigenvalue weighted by molar-refractivity contribution is -0.384. The molecule has 2 rings (SSSR count). The number of benzene rings is 2. The SMILES string of the molecule is CC=CC(=O)OCCCOc1ccc(/N=N/c2ccc([N+](=O)[O-])cc2)cc1. The number of ether oxygens (including phenoxy) is 2. The standard InChI is InChI=1S/C19H19N3O5/c1-2-4-19(23)27-14-3-13-26-18-11-7-16(8-12-18)21-20-15-5-9-17(10-6-15)22(24)25/h2,4-12H,3,13-14H2,1H3/b4-2?,21-20+. The lowest BCUT2D eigenvalue weighted by atomic mass is 10.3. The normalized spacial score (nSPS) is 11.0. The maximum Gasteiger partial charge on any atom is 0.330 e. The van der Waals surface area contributed by atoms with Gasteiger partial charge >= 0.3 is 5.97 Å². The third-order valence-corrected chi connectivity index (χ3v) is 3.28. The molecule has 0 heterocycles. The van der Waals surface area contributed by atoms with Gasteiger partial charge in [-0.1, -0.05) is 6.08 Å². The number of rotatable bonds is 9. The predicted molar refractivity (Wildman–Crippen MR) is 99.6 cm³/mol. The van der Waals surface area contributed by atoms with Crippen molar-refractivity contribution in [3.8, 4) is 5.75 Å². The Balaban J connectivity index is 1.77. The Morgan fingerprint density at radius 3 is 2.19 bits per heavy atom. The maximum absolute atomic E-state index is 11.1. The van der Waals surface area contributed by atoms with Crippen molar-refractivity contribution in [1.29, 1.82) is 0 Å². The zero-order chi connectivity index (χ0) is 19.5. The lowest BCUT2D eigenvalue weighted by Crippen LogP contribution is -2.06. The first kappa shape index (κ1) is 19.8. The Labute approximate surface area is 156 Å². The van der Waals surface area contributed by atoms with Gasteiger partial charge in [0.1, 0.15) is 5.75 Å². The summed E-state index contributed by atoms with van der Waals surface area (Å²) in [5, 5.41) is 18.7. The van der Waals surface area contributed by atoms with Crippen molar-refractivity contribution in [2.45, 2.75) is 13.3 Å². The second-order valence-corrected chi connectivity index (χ2v) is 5.34. The van der Waals surface area contributed by atoms with Crippen LogP contribution in [0.5, 0.6) is 5.75 Å². The van der Waals surface area contributed by atoms with Crippen LogP contribution in [0.15, 0.2) is 70.9 Å². The van der Waals surface area contributed by atoms with E-state index in [1.165, 1.54) is 30.3 Å². The van der Waals surface area contributed by atoms with Crippen molar-refractivity contribution >= 4 is 23.0 Å². The number of carbonyl (C=O) groups is 1. The monoisotopic (exact) mass is 369 g/mol. The summed E-state index contributed by atoms with van der Waals surface area (Å²) < 4.78 is 10.5. The number of azo groups is 1. The first-order valence-corrected chi connectivity index (χ1v) is 8.27. The third kappa shape index (κ3) is 7.07. The van der Waals surface area contributed by atoms with Gasteiger partial charge in [0, 0.05) is 24.6 Å². The molecule has 2 aromatic carbocycles. The molecule has 0 aliphatic carbocycles. The smallest absolute Gasteiger partial charge is 0.330 e. The van der Waals surface area contributed by atoms with Crippen LogP contribution >= 0.6 is 0 Å². The summed E-state index contributed by atoms with van der Waals surface area (Å²) in [6.07, 6.45) is 3.58. The Morgan fingerprint density at radius 1 is 1.04 bits per heavy atom. The molecule has 0 fully saturated rings. The molecule has 8 heteroatoms. The molecule has 2 aromatic rings. The van der Waals surface area contributed by atoms with Crippen molar-refractivity contribution < 1.29 is 19.2 Å². The summed E-state index contributed by atoms with van der Waals surface area (Å²) >= 11 is 0. The molecular weight excluding hydrogens is 350 g/mol. The molecule has 0 unspecified atom stereocenters. The first-order valence-electron chi connectivity index (χ1n) is 8.27. The van der Waals surface area contributed by atoms with Crippen LogP contribution < -0.4 is 4.74 Å². The number of nitro benzene ring substituents is 1. The molecule has 27 heavy (non-hydrogen) atoms. The highest BCUT2D eigenvalue weighted by molar-refractivity contribution is 5.81. The Morgan fingerprint density at radius 2 is 1.63 bits per heavy atom. The number of carbonyl (C=O) groups excluding carboxylic acids is 1. The van der Waals surface area contributed by atoms with E-state index in [2.05, 4.69) is 10.2 Å². The van der Waals surface area contributed by atoms with Crippen LogP contribution in [0.2, 0.25) is 0 Å². The van der Waals surface area contributed by atoms with E-state index in [0.29, 0.717) is 36.8 Å². The van der Waals surface area contributed by atoms with Crippen LogP contribution in [0.4, 0.5) is 17.1 Å². The minimum Gasteiger partial charge on any atom is -0.493 e. The summed E-state index contributed by atoms with van der Waals surface area (Å²) in [6, 6.07) is 12.8. The number of hydrogen-bond donors (Lipinski definition) is 0. The largest absolute Gasteiger partial charge is 0.493 e. The van der Waals surface area contributed by atoms with Crippen molar-refractivity contribution in [3.63, 3.8) is 0 Å². The van der Waals surface area contributed by atoms with Crippen LogP contribution in [0.3, 0.4) is 0 Å². The zero-order valence-electron chi connectivity index (χ0n) is 14.8. The summed E-state index contributed by atoms with van der Waals surface area (Å²) in [7, 11) is 0. The summed E-state index contributed by atoms with van der Waals surface area (Å²) in [5.41, 5.74) is 1.15. The second-order valence-electron chi connectivity index (χ2n) is 5.34. The maximum atomic E-state index is 11.1. The highest BCUT2D eigenvalue weighted by atomic mass is 16.6. The molecule has 140 valence electrons. The topological polar surface area (TPSA) is 103 Å². The molecule has 0 bridgehead atoms. The number of nitrogens with zero attached hydrogens (tertiary/aromatic N) is 3. The Hall–Kier alpha value is -3.55. The fourth-order valence-electron chi connectivity index (χ4n) is 1.97. The van der Waals surface area contributed by atoms with Crippen molar-refractivity contribution in [2.24, 2.45) is 10.2 Å². The van der Waals surface area contributed by atoms with E-state index in [-0.39, 0.29) is 11.7 Å². The van der Waals surface area contributed by atoms with E-state index in [0.717, 1.165) is 0 Å². The Bertz CT molecular complexity index is 814. The highest BCUT2D eigenvalue weighted by Gasteiger charge is 2.03. The van der Waals surface area contributed by atoms with Crippen LogP contribution in [0.25, 0.3) is 0 Å². The van der Waals surface area contributed by atoms with E-state index in [1.54, 1.807) is 37.3 Å². The van der Waals surface area contributed by atoms with Gasteiger partial charge in [0.05, 0.1) is 29.5 Å². The molecular formula is C19H19N3O5. The summed E-state index contributed by atoms with van der Waals surface area (Å²) in [4.78, 5) is 21.3. The molecule has 0 amide bonds. The molecule has 0 saturated carbocycles. The van der Waals surface area contributed by atoms with E-state index < -0.39 is 4.92 Å². The molecule has 0 saturated heterocycles. The van der Waals surface area contributed by atoms with Gasteiger partial charge in [-0.15, -0.1) is 0 Å². The lowest BCUT2D eigenvalue weighted by Gasteiger charge is -2.06. The van der Waals surface area contributed by atoms with E-state index in [9.17, 15) is 14.9 Å². The van der Waals surface area contributed by atoms with Gasteiger partial charge in [-0.3, -0.25) is 10.1 Å². The molecule has 8 nitrogen and oxygen atoms in total. The molecule has 0 aliphatic heterocycles. The first-order chi connectivity index (χ1) is 13.1. The molecule has 0 radical (unpaired) electrons. The van der Waals surface area contributed by atoms with Crippen LogP contribution in [-0.4, -0.2) is 24.1 Å². The van der Waals surface area contributed by atoms with Gasteiger partial charge in [0.25, 0.3) is 5.69 Å². The summed E-state index contributed by atoms with van der Waals surface area (Å²) in [5.74, 6) is 0.310. The van der Waals surface area contributed by atoms with Gasteiger partial charge < -0.3 is 9.47 Å². The average Bonchev–Trinajstić information content (AvgIpc) is 2.67. The molecule has 0 atom stereocenters. The van der Waals surface area contributed by atoms with Gasteiger partial charge in [0.2, 0.25) is 0 Å². The van der Waals surface area contributed by atoms with Gasteiger partial charge in [-0.2, -0.15) is 10.2 Å². The van der Waals surface area contributed by atoms with Crippen LogP contribution in [0.1, 0.15) is 13.3 Å². The minimum atomic E-state index is -0.466. The molecule has 0 aromatic heterocycles. The quantitative estimate of drug-likeness (QED) is 0.156. The highest BCUT2D eigenvalue weighted by Crippen LogP contribution is 2.23.